The van der Waals surface area contributed by atoms with Crippen LogP contribution in [0.15, 0.2) is 23.3 Å². The Morgan fingerprint density at radius 3 is 2.73 bits per heavy atom. The first-order valence-corrected chi connectivity index (χ1v) is 7.56. The third kappa shape index (κ3) is 5.31. The molecule has 0 heterocycles. The molecular weight excluding hydrogens is 312 g/mol. The molecular formula is C12H18N4O5S. The van der Waals surface area contributed by atoms with Gasteiger partial charge in [-0.15, -0.1) is 0 Å². The highest BCUT2D eigenvalue weighted by Gasteiger charge is 2.14. The first-order chi connectivity index (χ1) is 10.3. The number of carbonyl (C=O) groups is 1. The van der Waals surface area contributed by atoms with Gasteiger partial charge in [-0.25, -0.2) is 5.43 Å². The van der Waals surface area contributed by atoms with Crippen molar-refractivity contribution in [3.05, 3.63) is 23.8 Å². The number of amides is 1. The maximum absolute atomic E-state index is 11.5. The Balaban J connectivity index is 2.57. The Morgan fingerprint density at radius 1 is 1.45 bits per heavy atom. The van der Waals surface area contributed by atoms with Crippen molar-refractivity contribution >= 4 is 22.3 Å². The van der Waals surface area contributed by atoms with Crippen LogP contribution in [0.3, 0.4) is 0 Å². The van der Waals surface area contributed by atoms with Gasteiger partial charge in [-0.1, -0.05) is 0 Å². The average molecular weight is 330 g/mol. The van der Waals surface area contributed by atoms with E-state index in [2.05, 4.69) is 15.2 Å². The number of methoxy groups -OCH3 is 1. The fraction of sp³-hybridized carbons (Fsp3) is 0.333. The van der Waals surface area contributed by atoms with Crippen molar-refractivity contribution in [2.45, 2.75) is 0 Å². The zero-order valence-electron chi connectivity index (χ0n) is 12.4. The summed E-state index contributed by atoms with van der Waals surface area (Å²) < 4.78 is 30.8. The van der Waals surface area contributed by atoms with E-state index in [0.29, 0.717) is 11.3 Å². The lowest BCUT2D eigenvalue weighted by molar-refractivity contribution is -0.119. The van der Waals surface area contributed by atoms with Crippen LogP contribution in [0.5, 0.6) is 11.5 Å². The second-order valence-corrected chi connectivity index (χ2v) is 6.30. The molecule has 1 amide bonds. The van der Waals surface area contributed by atoms with Crippen LogP contribution in [-0.2, 0) is 15.0 Å². The number of benzene rings is 1. The second kappa shape index (κ2) is 7.73. The average Bonchev–Trinajstić information content (AvgIpc) is 2.47. The predicted molar refractivity (Wildman–Crippen MR) is 81.0 cm³/mol. The van der Waals surface area contributed by atoms with E-state index >= 15 is 0 Å². The maximum atomic E-state index is 11.5. The van der Waals surface area contributed by atoms with E-state index in [-0.39, 0.29) is 5.75 Å². The molecule has 0 spiro atoms. The minimum atomic E-state index is -3.67. The lowest BCUT2D eigenvalue weighted by Gasteiger charge is -2.11. The van der Waals surface area contributed by atoms with Crippen molar-refractivity contribution in [1.29, 1.82) is 0 Å². The number of nitrogens with zero attached hydrogens (tertiary/aromatic N) is 2. The lowest BCUT2D eigenvalue weighted by atomic mass is 10.2. The molecule has 10 heteroatoms. The molecule has 0 aliphatic carbocycles. The number of hydrazone groups is 1. The smallest absolute Gasteiger partial charge is 0.279 e. The predicted octanol–water partition coefficient (Wildman–Crippen LogP) is -0.753. The number of phenols is 1. The van der Waals surface area contributed by atoms with Crippen molar-refractivity contribution in [1.82, 2.24) is 14.5 Å². The number of nitrogens with one attached hydrogen (secondary N) is 2. The van der Waals surface area contributed by atoms with Crippen LogP contribution >= 0.6 is 0 Å². The maximum Gasteiger partial charge on any atom is 0.279 e. The molecule has 0 saturated carbocycles. The SMILES string of the molecule is COc1ccc(O)c(/C=N/NC(=O)CNS(=O)(=O)N(C)C)c1. The van der Waals surface area contributed by atoms with Crippen molar-refractivity contribution in [2.24, 2.45) is 5.10 Å². The number of hydrogen-bond donors (Lipinski definition) is 3. The summed E-state index contributed by atoms with van der Waals surface area (Å²) in [6.45, 7) is -0.456. The Morgan fingerprint density at radius 2 is 2.14 bits per heavy atom. The lowest BCUT2D eigenvalue weighted by Crippen LogP contribution is -2.41. The van der Waals surface area contributed by atoms with Gasteiger partial charge in [0.2, 0.25) is 0 Å². The highest BCUT2D eigenvalue weighted by Crippen LogP contribution is 2.20. The largest absolute Gasteiger partial charge is 0.507 e. The first kappa shape index (κ1) is 17.9. The molecule has 0 bridgehead atoms. The third-order valence-electron chi connectivity index (χ3n) is 2.52. The van der Waals surface area contributed by atoms with Gasteiger partial charge < -0.3 is 9.84 Å². The molecule has 0 aromatic heterocycles. The van der Waals surface area contributed by atoms with Crippen molar-refractivity contribution in [2.75, 3.05) is 27.7 Å². The number of aromatic hydroxyl groups is 1. The summed E-state index contributed by atoms with van der Waals surface area (Å²) in [5.74, 6) is -0.166. The molecule has 0 fully saturated rings. The molecule has 9 nitrogen and oxygen atoms in total. The molecule has 1 rings (SSSR count). The van der Waals surface area contributed by atoms with Crippen molar-refractivity contribution in [3.63, 3.8) is 0 Å². The van der Waals surface area contributed by atoms with Crippen LogP contribution in [0.2, 0.25) is 0 Å². The molecule has 3 N–H and O–H groups in total. The van der Waals surface area contributed by atoms with Crippen LogP contribution in [0.1, 0.15) is 5.56 Å². The van der Waals surface area contributed by atoms with Gasteiger partial charge in [-0.05, 0) is 18.2 Å². The minimum absolute atomic E-state index is 0.0351. The molecule has 0 unspecified atom stereocenters. The molecule has 1 aromatic carbocycles. The molecule has 0 saturated heterocycles. The fourth-order valence-electron chi connectivity index (χ4n) is 1.26. The van der Waals surface area contributed by atoms with Crippen molar-refractivity contribution < 1.29 is 23.1 Å². The van der Waals surface area contributed by atoms with Gasteiger partial charge in [0.05, 0.1) is 19.9 Å². The van der Waals surface area contributed by atoms with Gasteiger partial charge in [-0.3, -0.25) is 4.79 Å². The zero-order chi connectivity index (χ0) is 16.8. The van der Waals surface area contributed by atoms with E-state index in [0.717, 1.165) is 4.31 Å². The Bertz CT molecular complexity index is 657. The summed E-state index contributed by atoms with van der Waals surface area (Å²) in [6, 6.07) is 4.52. The third-order valence-corrected chi connectivity index (χ3v) is 3.99. The van der Waals surface area contributed by atoms with E-state index in [1.54, 1.807) is 6.07 Å². The van der Waals surface area contributed by atoms with Gasteiger partial charge >= 0.3 is 0 Å². The minimum Gasteiger partial charge on any atom is -0.507 e. The molecule has 0 aliphatic rings. The van der Waals surface area contributed by atoms with Gasteiger partial charge in [0.25, 0.3) is 16.1 Å². The second-order valence-electron chi connectivity index (χ2n) is 4.33. The standard InChI is InChI=1S/C12H18N4O5S/c1-16(2)22(19,20)14-8-12(18)15-13-7-9-6-10(21-3)4-5-11(9)17/h4-7,14,17H,8H2,1-3H3,(H,15,18)/b13-7+. The highest BCUT2D eigenvalue weighted by molar-refractivity contribution is 7.87. The summed E-state index contributed by atoms with van der Waals surface area (Å²) in [4.78, 5) is 11.5. The number of hydrogen-bond acceptors (Lipinski definition) is 6. The highest BCUT2D eigenvalue weighted by atomic mass is 32.2. The van der Waals surface area contributed by atoms with E-state index in [1.807, 2.05) is 0 Å². The van der Waals surface area contributed by atoms with Gasteiger partial charge in [0.1, 0.15) is 11.5 Å². The Kier molecular flexibility index (Phi) is 6.28. The summed E-state index contributed by atoms with van der Waals surface area (Å²) in [5, 5.41) is 13.2. The van der Waals surface area contributed by atoms with Crippen LogP contribution in [0, 0.1) is 0 Å². The quantitative estimate of drug-likeness (QED) is 0.449. The molecule has 0 radical (unpaired) electrons. The number of ether oxygens (including phenoxy) is 1. The van der Waals surface area contributed by atoms with E-state index < -0.39 is 22.7 Å². The summed E-state index contributed by atoms with van der Waals surface area (Å²) >= 11 is 0. The molecule has 0 aliphatic heterocycles. The van der Waals surface area contributed by atoms with Gasteiger partial charge in [0.15, 0.2) is 0 Å². The number of phenolic OH excluding ortho intramolecular Hbond substituents is 1. The van der Waals surface area contributed by atoms with Gasteiger partial charge in [-0.2, -0.15) is 22.5 Å². The van der Waals surface area contributed by atoms with Crippen LogP contribution in [0.4, 0.5) is 0 Å². The molecule has 0 atom stereocenters. The summed E-state index contributed by atoms with van der Waals surface area (Å²) in [6.07, 6.45) is 1.22. The van der Waals surface area contributed by atoms with E-state index in [1.165, 1.54) is 39.6 Å². The monoisotopic (exact) mass is 330 g/mol. The summed E-state index contributed by atoms with van der Waals surface area (Å²) in [7, 11) is 0.481. The Hall–Kier alpha value is -2.17. The molecule has 1 aromatic rings. The van der Waals surface area contributed by atoms with E-state index in [9.17, 15) is 18.3 Å². The zero-order valence-corrected chi connectivity index (χ0v) is 13.2. The van der Waals surface area contributed by atoms with Crippen LogP contribution in [-0.4, -0.2) is 57.7 Å². The van der Waals surface area contributed by atoms with E-state index in [4.69, 9.17) is 4.74 Å². The number of carbonyl (C=O) groups excluding carboxylic acids is 1. The fourth-order valence-corrected chi connectivity index (χ4v) is 1.83. The molecule has 122 valence electrons. The Labute approximate surface area is 128 Å². The summed E-state index contributed by atoms with van der Waals surface area (Å²) in [5.41, 5.74) is 2.48. The van der Waals surface area contributed by atoms with Gasteiger partial charge in [0, 0.05) is 19.7 Å². The van der Waals surface area contributed by atoms with Crippen molar-refractivity contribution in [3.8, 4) is 11.5 Å². The van der Waals surface area contributed by atoms with Crippen LogP contribution < -0.4 is 14.9 Å². The number of rotatable bonds is 7. The van der Waals surface area contributed by atoms with Crippen LogP contribution in [0.25, 0.3) is 0 Å². The first-order valence-electron chi connectivity index (χ1n) is 6.12. The normalized spacial score (nSPS) is 11.8. The topological polar surface area (TPSA) is 120 Å². The molecule has 22 heavy (non-hydrogen) atoms.